The largest absolute Gasteiger partial charge is 0.374 e. The van der Waals surface area contributed by atoms with Gasteiger partial charge in [0, 0.05) is 32.8 Å². The lowest BCUT2D eigenvalue weighted by Crippen LogP contribution is -2.44. The molecule has 0 saturated heterocycles. The van der Waals surface area contributed by atoms with Gasteiger partial charge in [-0.15, -0.1) is 5.10 Å². The molecule has 0 radical (unpaired) electrons. The van der Waals surface area contributed by atoms with E-state index in [1.807, 2.05) is 27.1 Å². The third-order valence-electron chi connectivity index (χ3n) is 4.60. The van der Waals surface area contributed by atoms with Gasteiger partial charge in [-0.3, -0.25) is 4.68 Å². The Bertz CT molecular complexity index is 640. The Hall–Kier alpha value is -0.990. The van der Waals surface area contributed by atoms with Crippen molar-refractivity contribution in [3.8, 4) is 0 Å². The summed E-state index contributed by atoms with van der Waals surface area (Å²) in [6, 6.07) is 0. The van der Waals surface area contributed by atoms with E-state index in [4.69, 9.17) is 4.74 Å². The molecule has 0 aliphatic heterocycles. The molecule has 0 N–H and O–H groups in total. The van der Waals surface area contributed by atoms with E-state index in [9.17, 15) is 8.42 Å². The van der Waals surface area contributed by atoms with E-state index >= 15 is 0 Å². The molecule has 25 heavy (non-hydrogen) atoms. The molecule has 1 aromatic rings. The second kappa shape index (κ2) is 8.60. The third-order valence-corrected chi connectivity index (χ3v) is 5.88. The minimum Gasteiger partial charge on any atom is -0.374 e. The molecule has 0 saturated carbocycles. The summed E-state index contributed by atoms with van der Waals surface area (Å²) in [5, 5.41) is 8.29. The monoisotopic (exact) mass is 374 g/mol. The van der Waals surface area contributed by atoms with E-state index in [1.165, 1.54) is 10.6 Å². The number of aryl methyl sites for hydroxylation is 1. The summed E-state index contributed by atoms with van der Waals surface area (Å²) >= 11 is 0. The molecule has 0 bridgehead atoms. The van der Waals surface area contributed by atoms with E-state index in [2.05, 4.69) is 31.1 Å². The Morgan fingerprint density at radius 1 is 1.36 bits per heavy atom. The van der Waals surface area contributed by atoms with Gasteiger partial charge < -0.3 is 4.74 Å². The minimum atomic E-state index is -3.25. The first-order valence-electron chi connectivity index (χ1n) is 8.79. The van der Waals surface area contributed by atoms with Crippen LogP contribution in [0.2, 0.25) is 0 Å². The van der Waals surface area contributed by atoms with Crippen molar-refractivity contribution in [3.63, 3.8) is 0 Å². The van der Waals surface area contributed by atoms with Gasteiger partial charge in [-0.2, -0.15) is 0 Å². The second-order valence-electron chi connectivity index (χ2n) is 7.83. The molecule has 1 aromatic heterocycles. The molecule has 146 valence electrons. The quantitative estimate of drug-likeness (QED) is 0.628. The first kappa shape index (κ1) is 22.1. The molecule has 0 aliphatic rings. The number of hydrogen-bond donors (Lipinski definition) is 0. The standard InChI is InChI=1S/C17H34N4O3S/c1-9-14(15-11-20(6)19-18-15)10-17(4,5)16(24-13(2)3)12-21(7)25(8,22)23/h11,13-14,16H,9-10,12H2,1-8H3. The average Bonchev–Trinajstić information content (AvgIpc) is 2.89. The molecule has 7 nitrogen and oxygen atoms in total. The van der Waals surface area contributed by atoms with Crippen LogP contribution in [-0.4, -0.2) is 59.8 Å². The van der Waals surface area contributed by atoms with Crippen molar-refractivity contribution in [2.75, 3.05) is 19.8 Å². The predicted molar refractivity (Wildman–Crippen MR) is 99.9 cm³/mol. The Kier molecular flexibility index (Phi) is 7.58. The number of rotatable bonds is 10. The molecule has 0 spiro atoms. The lowest BCUT2D eigenvalue weighted by Gasteiger charge is -2.39. The van der Waals surface area contributed by atoms with Gasteiger partial charge >= 0.3 is 0 Å². The van der Waals surface area contributed by atoms with Crippen LogP contribution in [0, 0.1) is 5.41 Å². The van der Waals surface area contributed by atoms with E-state index < -0.39 is 10.0 Å². The van der Waals surface area contributed by atoms with Gasteiger partial charge in [0.2, 0.25) is 10.0 Å². The van der Waals surface area contributed by atoms with Gasteiger partial charge in [-0.25, -0.2) is 12.7 Å². The van der Waals surface area contributed by atoms with E-state index in [0.717, 1.165) is 18.5 Å². The fourth-order valence-corrected chi connectivity index (χ4v) is 3.35. The van der Waals surface area contributed by atoms with E-state index in [0.29, 0.717) is 6.54 Å². The Morgan fingerprint density at radius 2 is 1.96 bits per heavy atom. The highest BCUT2D eigenvalue weighted by Gasteiger charge is 2.36. The number of sulfonamides is 1. The molecule has 0 fully saturated rings. The molecule has 0 amide bonds. The maximum Gasteiger partial charge on any atom is 0.211 e. The van der Waals surface area contributed by atoms with Gasteiger partial charge in [0.25, 0.3) is 0 Å². The number of nitrogens with zero attached hydrogens (tertiary/aromatic N) is 4. The Balaban J connectivity index is 3.00. The fraction of sp³-hybridized carbons (Fsp3) is 0.882. The first-order chi connectivity index (χ1) is 11.4. The summed E-state index contributed by atoms with van der Waals surface area (Å²) in [5.74, 6) is 0.255. The molecule has 0 aliphatic carbocycles. The summed E-state index contributed by atoms with van der Waals surface area (Å²) in [6.45, 7) is 10.7. The molecular weight excluding hydrogens is 340 g/mol. The van der Waals surface area contributed by atoms with Crippen molar-refractivity contribution in [2.24, 2.45) is 12.5 Å². The van der Waals surface area contributed by atoms with Crippen LogP contribution in [0.5, 0.6) is 0 Å². The van der Waals surface area contributed by atoms with Crippen molar-refractivity contribution in [3.05, 3.63) is 11.9 Å². The van der Waals surface area contributed by atoms with Gasteiger partial charge in [0.05, 0.1) is 24.2 Å². The smallest absolute Gasteiger partial charge is 0.211 e. The molecule has 2 atom stereocenters. The van der Waals surface area contributed by atoms with Crippen molar-refractivity contribution < 1.29 is 13.2 Å². The molecule has 1 rings (SSSR count). The van der Waals surface area contributed by atoms with E-state index in [-0.39, 0.29) is 23.5 Å². The third kappa shape index (κ3) is 6.67. The average molecular weight is 375 g/mol. The van der Waals surface area contributed by atoms with Crippen molar-refractivity contribution >= 4 is 10.0 Å². The number of likely N-dealkylation sites (N-methyl/N-ethyl adjacent to an activating group) is 1. The molecule has 8 heteroatoms. The summed E-state index contributed by atoms with van der Waals surface area (Å²) in [4.78, 5) is 0. The summed E-state index contributed by atoms with van der Waals surface area (Å²) in [5.41, 5.74) is 0.749. The van der Waals surface area contributed by atoms with E-state index in [1.54, 1.807) is 11.7 Å². The highest BCUT2D eigenvalue weighted by atomic mass is 32.2. The minimum absolute atomic E-state index is 0.0221. The summed E-state index contributed by atoms with van der Waals surface area (Å²) in [7, 11) is 0.211. The van der Waals surface area contributed by atoms with Crippen LogP contribution in [0.4, 0.5) is 0 Å². The molecule has 2 unspecified atom stereocenters. The van der Waals surface area contributed by atoms with Gasteiger partial charge in [-0.05, 0) is 32.1 Å². The fourth-order valence-electron chi connectivity index (χ4n) is 2.95. The van der Waals surface area contributed by atoms with Crippen LogP contribution in [0.3, 0.4) is 0 Å². The number of hydrogen-bond acceptors (Lipinski definition) is 5. The topological polar surface area (TPSA) is 77.3 Å². The maximum atomic E-state index is 11.8. The Labute approximate surface area is 152 Å². The zero-order valence-corrected chi connectivity index (χ0v) is 17.7. The SMILES string of the molecule is CCC(CC(C)(C)C(CN(C)S(C)(=O)=O)OC(C)C)c1cn(C)nn1. The summed E-state index contributed by atoms with van der Waals surface area (Å²) in [6.07, 6.45) is 4.77. The van der Waals surface area contributed by atoms with Crippen LogP contribution in [0.1, 0.15) is 59.1 Å². The van der Waals surface area contributed by atoms with Gasteiger partial charge in [0.1, 0.15) is 0 Å². The number of aromatic nitrogens is 3. The van der Waals surface area contributed by atoms with Crippen LogP contribution in [0.25, 0.3) is 0 Å². The maximum absolute atomic E-state index is 11.8. The highest BCUT2D eigenvalue weighted by molar-refractivity contribution is 7.88. The molecule has 1 heterocycles. The van der Waals surface area contributed by atoms with Crippen LogP contribution in [0.15, 0.2) is 6.20 Å². The highest BCUT2D eigenvalue weighted by Crippen LogP contribution is 2.37. The zero-order chi connectivity index (χ0) is 19.4. The molecule has 0 aromatic carbocycles. The van der Waals surface area contributed by atoms with Crippen LogP contribution in [-0.2, 0) is 21.8 Å². The lowest BCUT2D eigenvalue weighted by molar-refractivity contribution is -0.0686. The van der Waals surface area contributed by atoms with Crippen molar-refractivity contribution in [1.29, 1.82) is 0 Å². The predicted octanol–water partition coefficient (Wildman–Crippen LogP) is 2.41. The van der Waals surface area contributed by atoms with Crippen molar-refractivity contribution in [2.45, 2.75) is 65.6 Å². The second-order valence-corrected chi connectivity index (χ2v) is 9.92. The normalized spacial score (nSPS) is 15.8. The van der Waals surface area contributed by atoms with Crippen molar-refractivity contribution in [1.82, 2.24) is 19.3 Å². The first-order valence-corrected chi connectivity index (χ1v) is 10.6. The van der Waals surface area contributed by atoms with Gasteiger partial charge in [-0.1, -0.05) is 26.0 Å². The van der Waals surface area contributed by atoms with Crippen LogP contribution >= 0.6 is 0 Å². The zero-order valence-electron chi connectivity index (χ0n) is 16.9. The summed E-state index contributed by atoms with van der Waals surface area (Å²) < 4.78 is 32.9. The number of ether oxygens (including phenoxy) is 1. The van der Waals surface area contributed by atoms with Gasteiger partial charge in [0.15, 0.2) is 0 Å². The van der Waals surface area contributed by atoms with Crippen LogP contribution < -0.4 is 0 Å². The molecular formula is C17H34N4O3S. The Morgan fingerprint density at radius 3 is 2.36 bits per heavy atom. The lowest BCUT2D eigenvalue weighted by atomic mass is 9.76.